The predicted octanol–water partition coefficient (Wildman–Crippen LogP) is 1.80. The van der Waals surface area contributed by atoms with Crippen LogP contribution in [0, 0.1) is 6.92 Å². The number of ether oxygens (including phenoxy) is 1. The number of benzene rings is 1. The van der Waals surface area contributed by atoms with E-state index in [1.807, 2.05) is 0 Å². The molecule has 0 radical (unpaired) electrons. The average Bonchev–Trinajstić information content (AvgIpc) is 2.68. The molecule has 3 nitrogen and oxygen atoms in total. The summed E-state index contributed by atoms with van der Waals surface area (Å²) in [5.74, 6) is 1.02. The fourth-order valence-corrected chi connectivity index (χ4v) is 2.79. The Hall–Kier alpha value is -1.06. The molecule has 18 heavy (non-hydrogen) atoms. The minimum Gasteiger partial charge on any atom is -0.488 e. The predicted molar refractivity (Wildman–Crippen MR) is 71.0 cm³/mol. The van der Waals surface area contributed by atoms with Crippen molar-refractivity contribution < 1.29 is 9.84 Å². The molecule has 3 heteroatoms. The molecular weight excluding hydrogens is 226 g/mol. The first-order valence-electron chi connectivity index (χ1n) is 6.84. The molecule has 2 aliphatic rings. The van der Waals surface area contributed by atoms with Crippen molar-refractivity contribution >= 4 is 0 Å². The molecule has 1 heterocycles. The van der Waals surface area contributed by atoms with E-state index in [1.54, 1.807) is 0 Å². The Morgan fingerprint density at radius 2 is 2.28 bits per heavy atom. The van der Waals surface area contributed by atoms with Crippen molar-refractivity contribution in [2.24, 2.45) is 0 Å². The van der Waals surface area contributed by atoms with Crippen LogP contribution < -0.4 is 10.1 Å². The minimum atomic E-state index is -0.442. The second kappa shape index (κ2) is 4.56. The summed E-state index contributed by atoms with van der Waals surface area (Å²) in [5.41, 5.74) is 2.15. The maximum atomic E-state index is 9.99. The largest absolute Gasteiger partial charge is 0.488 e. The van der Waals surface area contributed by atoms with Crippen molar-refractivity contribution in [3.63, 3.8) is 0 Å². The zero-order valence-electron chi connectivity index (χ0n) is 10.9. The summed E-state index contributed by atoms with van der Waals surface area (Å²) in [7, 11) is 0. The second-order valence-corrected chi connectivity index (χ2v) is 5.76. The Kier molecular flexibility index (Phi) is 3.04. The Labute approximate surface area is 108 Å². The van der Waals surface area contributed by atoms with Gasteiger partial charge in [0.1, 0.15) is 11.9 Å². The molecule has 1 aromatic rings. The third-order valence-corrected chi connectivity index (χ3v) is 4.07. The van der Waals surface area contributed by atoms with Crippen LogP contribution >= 0.6 is 0 Å². The summed E-state index contributed by atoms with van der Waals surface area (Å²) in [6, 6.07) is 6.35. The van der Waals surface area contributed by atoms with E-state index >= 15 is 0 Å². The Morgan fingerprint density at radius 3 is 3.00 bits per heavy atom. The van der Waals surface area contributed by atoms with Crippen molar-refractivity contribution in [3.8, 4) is 5.75 Å². The number of fused-ring (bicyclic) bond motifs is 1. The highest BCUT2D eigenvalue weighted by Gasteiger charge is 2.34. The first-order chi connectivity index (χ1) is 8.65. The lowest BCUT2D eigenvalue weighted by Gasteiger charge is -2.37. The fraction of sp³-hybridized carbons (Fsp3) is 0.600. The Morgan fingerprint density at radius 1 is 1.44 bits per heavy atom. The zero-order valence-corrected chi connectivity index (χ0v) is 10.9. The molecule has 0 saturated heterocycles. The number of hydrogen-bond donors (Lipinski definition) is 2. The highest BCUT2D eigenvalue weighted by molar-refractivity contribution is 5.40. The van der Waals surface area contributed by atoms with Gasteiger partial charge in [-0.1, -0.05) is 17.7 Å². The van der Waals surface area contributed by atoms with E-state index < -0.39 is 5.60 Å². The van der Waals surface area contributed by atoms with Crippen LogP contribution in [-0.2, 0) is 6.42 Å². The van der Waals surface area contributed by atoms with Crippen LogP contribution in [0.5, 0.6) is 5.75 Å². The SMILES string of the molecule is Cc1ccc2c(c1)CC(CNCC1(O)CCC1)O2. The van der Waals surface area contributed by atoms with E-state index in [0.717, 1.165) is 38.0 Å². The summed E-state index contributed by atoms with van der Waals surface area (Å²) >= 11 is 0. The first-order valence-corrected chi connectivity index (χ1v) is 6.84. The van der Waals surface area contributed by atoms with E-state index in [-0.39, 0.29) is 6.10 Å². The van der Waals surface area contributed by atoms with E-state index in [1.165, 1.54) is 11.1 Å². The highest BCUT2D eigenvalue weighted by atomic mass is 16.5. The van der Waals surface area contributed by atoms with Gasteiger partial charge in [0.05, 0.1) is 5.60 Å². The van der Waals surface area contributed by atoms with Crippen LogP contribution in [0.4, 0.5) is 0 Å². The van der Waals surface area contributed by atoms with Crippen LogP contribution in [0.25, 0.3) is 0 Å². The van der Waals surface area contributed by atoms with Gasteiger partial charge in [0.2, 0.25) is 0 Å². The van der Waals surface area contributed by atoms with Gasteiger partial charge in [0.25, 0.3) is 0 Å². The number of hydrogen-bond acceptors (Lipinski definition) is 3. The van der Waals surface area contributed by atoms with Crippen LogP contribution in [0.1, 0.15) is 30.4 Å². The van der Waals surface area contributed by atoms with E-state index in [9.17, 15) is 5.11 Å². The third-order valence-electron chi connectivity index (χ3n) is 4.07. The Balaban J connectivity index is 1.49. The zero-order chi connectivity index (χ0) is 12.6. The molecule has 1 saturated carbocycles. The van der Waals surface area contributed by atoms with Crippen molar-refractivity contribution in [1.29, 1.82) is 0 Å². The molecule has 0 aromatic heterocycles. The molecule has 98 valence electrons. The maximum Gasteiger partial charge on any atom is 0.123 e. The van der Waals surface area contributed by atoms with Crippen molar-refractivity contribution in [2.75, 3.05) is 13.1 Å². The maximum absolute atomic E-state index is 9.99. The average molecular weight is 247 g/mol. The molecular formula is C15H21NO2. The molecule has 0 amide bonds. The van der Waals surface area contributed by atoms with Crippen molar-refractivity contribution in [1.82, 2.24) is 5.32 Å². The number of aryl methyl sites for hydroxylation is 1. The summed E-state index contributed by atoms with van der Waals surface area (Å²) in [6.07, 6.45) is 4.21. The molecule has 1 unspecified atom stereocenters. The smallest absolute Gasteiger partial charge is 0.123 e. The third kappa shape index (κ3) is 2.38. The molecule has 1 aliphatic heterocycles. The summed E-state index contributed by atoms with van der Waals surface area (Å²) in [6.45, 7) is 3.62. The molecule has 0 spiro atoms. The molecule has 1 aliphatic carbocycles. The van der Waals surface area contributed by atoms with E-state index in [0.29, 0.717) is 6.54 Å². The molecule has 1 atom stereocenters. The van der Waals surface area contributed by atoms with Gasteiger partial charge >= 0.3 is 0 Å². The molecule has 0 bridgehead atoms. The topological polar surface area (TPSA) is 41.5 Å². The highest BCUT2D eigenvalue weighted by Crippen LogP contribution is 2.31. The van der Waals surface area contributed by atoms with E-state index in [4.69, 9.17) is 4.74 Å². The quantitative estimate of drug-likeness (QED) is 0.852. The van der Waals surface area contributed by atoms with Crippen LogP contribution in [0.15, 0.2) is 18.2 Å². The van der Waals surface area contributed by atoms with Gasteiger partial charge in [0.15, 0.2) is 0 Å². The summed E-state index contributed by atoms with van der Waals surface area (Å²) < 4.78 is 5.88. The standard InChI is InChI=1S/C15H21NO2/c1-11-3-4-14-12(7-11)8-13(18-14)9-16-10-15(17)5-2-6-15/h3-4,7,13,16-17H,2,5-6,8-10H2,1H3. The van der Waals surface area contributed by atoms with Gasteiger partial charge in [-0.25, -0.2) is 0 Å². The second-order valence-electron chi connectivity index (χ2n) is 5.76. The van der Waals surface area contributed by atoms with Crippen LogP contribution in [-0.4, -0.2) is 29.9 Å². The molecule has 1 aromatic carbocycles. The number of nitrogens with one attached hydrogen (secondary N) is 1. The van der Waals surface area contributed by atoms with Crippen LogP contribution in [0.3, 0.4) is 0 Å². The minimum absolute atomic E-state index is 0.213. The first kappa shape index (κ1) is 12.0. The van der Waals surface area contributed by atoms with Gasteiger partial charge in [-0.2, -0.15) is 0 Å². The van der Waals surface area contributed by atoms with Crippen LogP contribution in [0.2, 0.25) is 0 Å². The Bertz CT molecular complexity index is 440. The van der Waals surface area contributed by atoms with Crippen molar-refractivity contribution in [2.45, 2.75) is 44.3 Å². The number of rotatable bonds is 4. The van der Waals surface area contributed by atoms with Gasteiger partial charge < -0.3 is 15.2 Å². The molecule has 2 N–H and O–H groups in total. The summed E-state index contributed by atoms with van der Waals surface area (Å²) in [5, 5.41) is 13.3. The summed E-state index contributed by atoms with van der Waals surface area (Å²) in [4.78, 5) is 0. The fourth-order valence-electron chi connectivity index (χ4n) is 2.79. The normalized spacial score (nSPS) is 24.2. The van der Waals surface area contributed by atoms with Gasteiger partial charge in [-0.05, 0) is 37.8 Å². The number of aliphatic hydroxyl groups is 1. The van der Waals surface area contributed by atoms with Gasteiger partial charge in [-0.3, -0.25) is 0 Å². The van der Waals surface area contributed by atoms with Gasteiger partial charge in [-0.15, -0.1) is 0 Å². The lowest BCUT2D eigenvalue weighted by molar-refractivity contribution is -0.0322. The monoisotopic (exact) mass is 247 g/mol. The van der Waals surface area contributed by atoms with E-state index in [2.05, 4.69) is 30.4 Å². The lowest BCUT2D eigenvalue weighted by Crippen LogP contribution is -2.48. The van der Waals surface area contributed by atoms with Gasteiger partial charge in [0, 0.05) is 19.5 Å². The molecule has 1 fully saturated rings. The molecule has 3 rings (SSSR count). The lowest BCUT2D eigenvalue weighted by atomic mass is 9.80. The van der Waals surface area contributed by atoms with Crippen molar-refractivity contribution in [3.05, 3.63) is 29.3 Å².